The highest BCUT2D eigenvalue weighted by Crippen LogP contribution is 2.38. The number of hydrogen-bond acceptors (Lipinski definition) is 13. The molecule has 19 nitrogen and oxygen atoms in total. The Labute approximate surface area is 338 Å². The highest BCUT2D eigenvalue weighted by Gasteiger charge is 2.52. The summed E-state index contributed by atoms with van der Waals surface area (Å²) in [5.41, 5.74) is 3.09. The van der Waals surface area contributed by atoms with Crippen molar-refractivity contribution in [3.05, 3.63) is 102 Å². The van der Waals surface area contributed by atoms with E-state index < -0.39 is 64.9 Å². The third kappa shape index (κ3) is 7.99. The van der Waals surface area contributed by atoms with E-state index >= 15 is 0 Å². The molecule has 2 aromatic heterocycles. The minimum Gasteiger partial charge on any atom is -0.394 e. The second-order valence-electron chi connectivity index (χ2n) is 14.8. The summed E-state index contributed by atoms with van der Waals surface area (Å²) < 4.78 is 25.2. The summed E-state index contributed by atoms with van der Waals surface area (Å²) in [6.45, 7) is 0.562. The van der Waals surface area contributed by atoms with Crippen molar-refractivity contribution in [1.82, 2.24) is 35.1 Å². The number of urea groups is 2. The van der Waals surface area contributed by atoms with E-state index in [9.17, 15) is 38.1 Å². The molecule has 0 radical (unpaired) electrons. The molecule has 9 N–H and O–H groups in total. The van der Waals surface area contributed by atoms with Crippen LogP contribution in [0.5, 0.6) is 0 Å². The maximum absolute atomic E-state index is 13.0. The number of aromatic nitrogens is 4. The molecule has 5 amide bonds. The molecule has 4 heterocycles. The number of benzene rings is 3. The number of nitrogens with one attached hydrogen (secondary N) is 4. The number of imidazole rings is 1. The van der Waals surface area contributed by atoms with Crippen molar-refractivity contribution in [2.45, 2.75) is 60.0 Å². The number of carbonyl (C=O) groups excluding carboxylic acids is 3. The van der Waals surface area contributed by atoms with Gasteiger partial charge in [0.05, 0.1) is 29.9 Å². The molecule has 5 aromatic rings. The van der Waals surface area contributed by atoms with E-state index in [1.165, 1.54) is 24.5 Å². The Kier molecular flexibility index (Phi) is 10.9. The van der Waals surface area contributed by atoms with Crippen LogP contribution in [0.4, 0.5) is 27.0 Å². The van der Waals surface area contributed by atoms with E-state index in [1.807, 2.05) is 41.3 Å². The minimum atomic E-state index is -3.97. The quantitative estimate of drug-likeness (QED) is 0.0820. The maximum atomic E-state index is 13.0. The molecule has 3 fully saturated rings. The van der Waals surface area contributed by atoms with Crippen LogP contribution >= 0.6 is 0 Å². The zero-order valence-electron chi connectivity index (χ0n) is 31.5. The molecule has 3 aromatic carbocycles. The van der Waals surface area contributed by atoms with Gasteiger partial charge in [-0.2, -0.15) is 9.97 Å². The van der Waals surface area contributed by atoms with Gasteiger partial charge in [0.2, 0.25) is 16.0 Å². The minimum absolute atomic E-state index is 0.0256. The summed E-state index contributed by atoms with van der Waals surface area (Å²) in [6.07, 6.45) is -0.947. The fourth-order valence-corrected chi connectivity index (χ4v) is 8.64. The Hall–Kier alpha value is -6.19. The van der Waals surface area contributed by atoms with Crippen LogP contribution in [0.25, 0.3) is 11.2 Å². The Morgan fingerprint density at radius 3 is 2.31 bits per heavy atom. The Morgan fingerprint density at radius 2 is 1.64 bits per heavy atom. The average molecular weight is 826 g/mol. The van der Waals surface area contributed by atoms with Crippen molar-refractivity contribution in [3.8, 4) is 0 Å². The first-order valence-electron chi connectivity index (χ1n) is 19.0. The van der Waals surface area contributed by atoms with Crippen molar-refractivity contribution in [2.75, 3.05) is 41.8 Å². The average Bonchev–Trinajstić information content (AvgIpc) is 4.00. The van der Waals surface area contributed by atoms with Crippen molar-refractivity contribution in [2.24, 2.45) is 5.14 Å². The third-order valence-corrected chi connectivity index (χ3v) is 12.0. The number of hydrogen-bond donors (Lipinski definition) is 8. The lowest BCUT2D eigenvalue weighted by molar-refractivity contribution is -0.131. The molecule has 0 spiro atoms. The smallest absolute Gasteiger partial charge is 0.325 e. The van der Waals surface area contributed by atoms with Crippen LogP contribution in [0.1, 0.15) is 35.9 Å². The van der Waals surface area contributed by atoms with Gasteiger partial charge in [0, 0.05) is 37.3 Å². The van der Waals surface area contributed by atoms with Gasteiger partial charge in [-0.15, -0.1) is 0 Å². The number of nitrogens with two attached hydrogens (primary N) is 1. The van der Waals surface area contributed by atoms with Crippen LogP contribution in [-0.4, -0.2) is 123 Å². The number of sulfonamides is 1. The van der Waals surface area contributed by atoms with Crippen LogP contribution in [0.15, 0.2) is 96.2 Å². The van der Waals surface area contributed by atoms with E-state index in [2.05, 4.69) is 50.5 Å². The molecule has 3 aliphatic rings. The van der Waals surface area contributed by atoms with Crippen molar-refractivity contribution in [1.29, 1.82) is 0 Å². The van der Waals surface area contributed by atoms with Crippen LogP contribution < -0.4 is 31.3 Å². The predicted octanol–water partition coefficient (Wildman–Crippen LogP) is 1.07. The van der Waals surface area contributed by atoms with Crippen molar-refractivity contribution < 1.29 is 38.1 Å². The Bertz CT molecular complexity index is 2440. The summed E-state index contributed by atoms with van der Waals surface area (Å²) in [5.74, 6) is -0.0889. The Morgan fingerprint density at radius 1 is 0.949 bits per heavy atom. The second-order valence-corrected chi connectivity index (χ2v) is 16.4. The highest BCUT2D eigenvalue weighted by molar-refractivity contribution is 7.89. The van der Waals surface area contributed by atoms with Gasteiger partial charge in [-0.05, 0) is 42.2 Å². The number of rotatable bonds is 12. The first-order valence-corrected chi connectivity index (χ1v) is 20.6. The van der Waals surface area contributed by atoms with E-state index in [4.69, 9.17) is 15.1 Å². The van der Waals surface area contributed by atoms with E-state index in [0.29, 0.717) is 49.0 Å². The zero-order valence-corrected chi connectivity index (χ0v) is 32.3. The normalized spacial score (nSPS) is 23.3. The Balaban J connectivity index is 1.09. The van der Waals surface area contributed by atoms with Gasteiger partial charge in [0.15, 0.2) is 17.0 Å². The van der Waals surface area contributed by atoms with Crippen molar-refractivity contribution in [3.63, 3.8) is 0 Å². The summed E-state index contributed by atoms with van der Waals surface area (Å²) in [7, 11) is -3.97. The summed E-state index contributed by atoms with van der Waals surface area (Å²) in [5, 5.41) is 48.9. The summed E-state index contributed by atoms with van der Waals surface area (Å²) in [6, 6.07) is 20.9. The second kappa shape index (κ2) is 16.2. The van der Waals surface area contributed by atoms with Gasteiger partial charge in [0.1, 0.15) is 18.2 Å². The van der Waals surface area contributed by atoms with Gasteiger partial charge in [-0.3, -0.25) is 9.69 Å². The van der Waals surface area contributed by atoms with Crippen LogP contribution in [-0.2, 0) is 14.8 Å². The van der Waals surface area contributed by atoms with Gasteiger partial charge >= 0.3 is 12.1 Å². The molecule has 8 rings (SSSR count). The predicted molar refractivity (Wildman–Crippen MR) is 215 cm³/mol. The van der Waals surface area contributed by atoms with Gasteiger partial charge in [0.25, 0.3) is 5.91 Å². The molecule has 308 valence electrons. The number of fused-ring (bicyclic) bond motifs is 1. The topological polar surface area (TPSA) is 270 Å². The lowest BCUT2D eigenvalue weighted by Crippen LogP contribution is -2.47. The molecule has 1 saturated carbocycles. The first-order chi connectivity index (χ1) is 28.4. The van der Waals surface area contributed by atoms with Gasteiger partial charge in [-0.25, -0.2) is 28.1 Å². The fourth-order valence-electron chi connectivity index (χ4n) is 8.08. The number of nitrogens with zero attached hydrogens (tertiary/aromatic N) is 6. The van der Waals surface area contributed by atoms with Crippen LogP contribution in [0.2, 0.25) is 0 Å². The molecule has 2 saturated heterocycles. The SMILES string of the molecule is NS(=O)(=O)c1cccc(NC(=O)NC2CCN(c3nc(NCC(c4ccccc4)c4ccccc4)c4ncn([C@@H]5C[C@H](N6C(=O)N[C@H](CO)C6=O)[C@@H](O)[C@H]5O)c4n3)C2)c1. The number of primary sulfonamides is 1. The van der Waals surface area contributed by atoms with E-state index in [0.717, 1.165) is 16.0 Å². The number of anilines is 3. The molecule has 1 unspecified atom stereocenters. The molecule has 0 bridgehead atoms. The molecule has 20 heteroatoms. The first kappa shape index (κ1) is 39.6. The largest absolute Gasteiger partial charge is 0.394 e. The number of amides is 5. The molecular formula is C39H43N11O8S. The number of imide groups is 1. The highest BCUT2D eigenvalue weighted by atomic mass is 32.2. The van der Waals surface area contributed by atoms with Gasteiger partial charge in [-0.1, -0.05) is 66.7 Å². The molecule has 2 aliphatic heterocycles. The molecule has 59 heavy (non-hydrogen) atoms. The summed E-state index contributed by atoms with van der Waals surface area (Å²) >= 11 is 0. The monoisotopic (exact) mass is 825 g/mol. The lowest BCUT2D eigenvalue weighted by atomic mass is 9.91. The van der Waals surface area contributed by atoms with Crippen molar-refractivity contribution >= 4 is 56.6 Å². The third-order valence-electron chi connectivity index (χ3n) is 11.1. The molecule has 6 atom stereocenters. The molecule has 1 aliphatic carbocycles. The fraction of sp³-hybridized carbons (Fsp3) is 0.333. The summed E-state index contributed by atoms with van der Waals surface area (Å²) in [4.78, 5) is 55.9. The maximum Gasteiger partial charge on any atom is 0.325 e. The van der Waals surface area contributed by atoms with Gasteiger partial charge < -0.3 is 46.1 Å². The lowest BCUT2D eigenvalue weighted by Gasteiger charge is -2.24. The molecular weight excluding hydrogens is 783 g/mol. The zero-order chi connectivity index (χ0) is 41.4. The number of carbonyl (C=O) groups is 3. The van der Waals surface area contributed by atoms with Crippen LogP contribution in [0, 0.1) is 0 Å². The van der Waals surface area contributed by atoms with E-state index in [-0.39, 0.29) is 29.0 Å². The van der Waals surface area contributed by atoms with Crippen LogP contribution in [0.3, 0.4) is 0 Å². The standard InChI is InChI=1S/C39H43N11O8S/c40-59(57,58)26-13-7-12-24(16-26)43-38(55)44-25-14-15-48(19-25)37-46-34(41-18-27(22-8-3-1-4-9-22)23-10-5-2-6-11-23)31-35(47-37)49(21-42-31)29-17-30(33(53)32(29)52)50-36(54)28(20-51)45-39(50)56/h1-13,16,21,25,27-30,32-33,51-53H,14-15,17-20H2,(H,45,56)(H2,40,57,58)(H,41,46,47)(H2,43,44,55)/t25?,28-,29-,30+,32+,33-/m1/s1. The number of aliphatic hydroxyl groups is 3. The number of aliphatic hydroxyl groups excluding tert-OH is 3. The van der Waals surface area contributed by atoms with E-state index in [1.54, 1.807) is 10.6 Å².